The van der Waals surface area contributed by atoms with E-state index in [2.05, 4.69) is 15.0 Å². The summed E-state index contributed by atoms with van der Waals surface area (Å²) in [5, 5.41) is 0.458. The van der Waals surface area contributed by atoms with Gasteiger partial charge in [0.05, 0.1) is 12.3 Å². The summed E-state index contributed by atoms with van der Waals surface area (Å²) in [6.07, 6.45) is 0. The first-order valence-corrected chi connectivity index (χ1v) is 9.17. The summed E-state index contributed by atoms with van der Waals surface area (Å²) in [6, 6.07) is 13.8. The van der Waals surface area contributed by atoms with E-state index in [4.69, 9.17) is 22.1 Å². The van der Waals surface area contributed by atoms with Crippen molar-refractivity contribution in [3.8, 4) is 22.8 Å². The van der Waals surface area contributed by atoms with Gasteiger partial charge in [0.25, 0.3) is 5.91 Å². The number of nitrogens with two attached hydrogens (primary N) is 1. The summed E-state index contributed by atoms with van der Waals surface area (Å²) < 4.78 is 6.77. The Hall–Kier alpha value is -3.65. The second-order valence-electron chi connectivity index (χ2n) is 6.16. The van der Waals surface area contributed by atoms with Crippen LogP contribution in [0.5, 0.6) is 5.75 Å². The lowest BCUT2D eigenvalue weighted by molar-refractivity contribution is 0.0997. The minimum atomic E-state index is -0.774. The number of imidazole rings is 1. The van der Waals surface area contributed by atoms with E-state index in [-0.39, 0.29) is 22.7 Å². The zero-order valence-electron chi connectivity index (χ0n) is 15.3. The minimum absolute atomic E-state index is 0.0724. The fourth-order valence-corrected chi connectivity index (χ4v) is 3.20. The SMILES string of the molecule is CCOc1ccc(-c2nc(C(N)=O)c3[nH]c(=O)n(-c4cccc(Cl)c4)c3n2)cc1. The van der Waals surface area contributed by atoms with Gasteiger partial charge in [-0.2, -0.15) is 0 Å². The molecular weight excluding hydrogens is 394 g/mol. The van der Waals surface area contributed by atoms with E-state index in [0.717, 1.165) is 0 Å². The normalized spacial score (nSPS) is 11.0. The van der Waals surface area contributed by atoms with Crippen molar-refractivity contribution in [1.82, 2.24) is 19.5 Å². The third-order valence-electron chi connectivity index (χ3n) is 4.26. The van der Waals surface area contributed by atoms with Crippen molar-refractivity contribution in [3.63, 3.8) is 0 Å². The molecule has 0 unspecified atom stereocenters. The molecule has 29 heavy (non-hydrogen) atoms. The monoisotopic (exact) mass is 409 g/mol. The highest BCUT2D eigenvalue weighted by molar-refractivity contribution is 6.30. The average molecular weight is 410 g/mol. The van der Waals surface area contributed by atoms with E-state index in [1.807, 2.05) is 6.92 Å². The molecule has 4 aromatic rings. The summed E-state index contributed by atoms with van der Waals surface area (Å²) in [6.45, 7) is 2.44. The maximum absolute atomic E-state index is 12.6. The molecule has 0 fully saturated rings. The molecule has 0 atom stereocenters. The zero-order valence-corrected chi connectivity index (χ0v) is 16.1. The van der Waals surface area contributed by atoms with Gasteiger partial charge in [0.2, 0.25) is 0 Å². The summed E-state index contributed by atoms with van der Waals surface area (Å²) in [4.78, 5) is 36.0. The van der Waals surface area contributed by atoms with Crippen LogP contribution >= 0.6 is 11.6 Å². The highest BCUT2D eigenvalue weighted by Gasteiger charge is 2.20. The molecule has 2 aromatic carbocycles. The number of aromatic nitrogens is 4. The summed E-state index contributed by atoms with van der Waals surface area (Å²) in [5.74, 6) is 0.179. The molecule has 0 aliphatic heterocycles. The van der Waals surface area contributed by atoms with Crippen LogP contribution in [0.4, 0.5) is 0 Å². The lowest BCUT2D eigenvalue weighted by atomic mass is 10.2. The van der Waals surface area contributed by atoms with Gasteiger partial charge in [0, 0.05) is 10.6 Å². The van der Waals surface area contributed by atoms with Crippen molar-refractivity contribution in [2.75, 3.05) is 6.61 Å². The fourth-order valence-electron chi connectivity index (χ4n) is 3.01. The van der Waals surface area contributed by atoms with Gasteiger partial charge in [0.15, 0.2) is 17.2 Å². The zero-order chi connectivity index (χ0) is 20.5. The molecular formula is C20H16ClN5O3. The number of carbonyl (C=O) groups is 1. The highest BCUT2D eigenvalue weighted by atomic mass is 35.5. The van der Waals surface area contributed by atoms with Gasteiger partial charge in [0.1, 0.15) is 11.3 Å². The number of hydrogen-bond acceptors (Lipinski definition) is 5. The van der Waals surface area contributed by atoms with Crippen LogP contribution in [0.3, 0.4) is 0 Å². The second kappa shape index (κ2) is 7.40. The molecule has 0 aliphatic rings. The van der Waals surface area contributed by atoms with Gasteiger partial charge in [-0.1, -0.05) is 17.7 Å². The number of aromatic amines is 1. The van der Waals surface area contributed by atoms with Crippen LogP contribution in [0.2, 0.25) is 5.02 Å². The number of primary amides is 1. The number of carbonyl (C=O) groups excluding carboxylic acids is 1. The van der Waals surface area contributed by atoms with Gasteiger partial charge in [-0.3, -0.25) is 4.79 Å². The highest BCUT2D eigenvalue weighted by Crippen LogP contribution is 2.24. The molecule has 0 spiro atoms. The standard InChI is InChI=1S/C20H16ClN5O3/c1-2-29-14-8-6-11(7-9-14)18-23-15(17(22)27)16-19(25-18)26(20(28)24-16)13-5-3-4-12(21)10-13/h3-10H,2H2,1H3,(H2,22,27)(H,24,28). The van der Waals surface area contributed by atoms with Crippen molar-refractivity contribution < 1.29 is 9.53 Å². The second-order valence-corrected chi connectivity index (χ2v) is 6.60. The number of rotatable bonds is 5. The summed E-state index contributed by atoms with van der Waals surface area (Å²) >= 11 is 6.07. The molecule has 2 heterocycles. The molecule has 0 radical (unpaired) electrons. The van der Waals surface area contributed by atoms with Gasteiger partial charge < -0.3 is 15.5 Å². The quantitative estimate of drug-likeness (QED) is 0.525. The molecule has 3 N–H and O–H groups in total. The maximum Gasteiger partial charge on any atom is 0.332 e. The van der Waals surface area contributed by atoms with Crippen LogP contribution in [-0.4, -0.2) is 32.0 Å². The molecule has 9 heteroatoms. The van der Waals surface area contributed by atoms with Gasteiger partial charge >= 0.3 is 5.69 Å². The smallest absolute Gasteiger partial charge is 0.332 e. The Morgan fingerprint density at radius 2 is 1.97 bits per heavy atom. The van der Waals surface area contributed by atoms with E-state index in [1.165, 1.54) is 4.57 Å². The first kappa shape index (κ1) is 18.7. The van der Waals surface area contributed by atoms with Gasteiger partial charge in [-0.25, -0.2) is 19.3 Å². The first-order valence-electron chi connectivity index (χ1n) is 8.79. The molecule has 4 rings (SSSR count). The van der Waals surface area contributed by atoms with E-state index in [1.54, 1.807) is 48.5 Å². The number of benzene rings is 2. The maximum atomic E-state index is 12.6. The molecule has 0 saturated heterocycles. The van der Waals surface area contributed by atoms with Gasteiger partial charge in [-0.05, 0) is 49.4 Å². The third kappa shape index (κ3) is 3.45. The summed E-state index contributed by atoms with van der Waals surface area (Å²) in [7, 11) is 0. The van der Waals surface area contributed by atoms with Crippen LogP contribution in [0, 0.1) is 0 Å². The van der Waals surface area contributed by atoms with Crippen molar-refractivity contribution in [1.29, 1.82) is 0 Å². The molecule has 146 valence electrons. The third-order valence-corrected chi connectivity index (χ3v) is 4.50. The van der Waals surface area contributed by atoms with Crippen LogP contribution in [0.25, 0.3) is 28.2 Å². The number of halogens is 1. The molecule has 1 amide bonds. The number of fused-ring (bicyclic) bond motifs is 1. The lowest BCUT2D eigenvalue weighted by Crippen LogP contribution is -2.15. The van der Waals surface area contributed by atoms with Crippen LogP contribution in [0.15, 0.2) is 53.3 Å². The molecule has 0 saturated carbocycles. The molecule has 2 aromatic heterocycles. The Morgan fingerprint density at radius 3 is 2.62 bits per heavy atom. The number of nitrogens with one attached hydrogen (secondary N) is 1. The Bertz CT molecular complexity index is 1280. The van der Waals surface area contributed by atoms with Gasteiger partial charge in [-0.15, -0.1) is 0 Å². The van der Waals surface area contributed by atoms with Crippen LogP contribution < -0.4 is 16.2 Å². The number of ether oxygens (including phenoxy) is 1. The number of hydrogen-bond donors (Lipinski definition) is 2. The fraction of sp³-hybridized carbons (Fsp3) is 0.100. The van der Waals surface area contributed by atoms with Crippen LogP contribution in [0.1, 0.15) is 17.4 Å². The summed E-state index contributed by atoms with van der Waals surface area (Å²) in [5.41, 5.74) is 6.49. The Kier molecular flexibility index (Phi) is 4.77. The molecule has 0 bridgehead atoms. The van der Waals surface area contributed by atoms with Crippen molar-refractivity contribution in [2.24, 2.45) is 5.73 Å². The lowest BCUT2D eigenvalue weighted by Gasteiger charge is -2.08. The predicted molar refractivity (Wildman–Crippen MR) is 110 cm³/mol. The predicted octanol–water partition coefficient (Wildman–Crippen LogP) is 2.93. The van der Waals surface area contributed by atoms with Crippen molar-refractivity contribution >= 4 is 28.7 Å². The van der Waals surface area contributed by atoms with Crippen molar-refractivity contribution in [2.45, 2.75) is 6.92 Å². The Balaban J connectivity index is 1.96. The topological polar surface area (TPSA) is 116 Å². The van der Waals surface area contributed by atoms with Crippen LogP contribution in [-0.2, 0) is 0 Å². The first-order chi connectivity index (χ1) is 14.0. The van der Waals surface area contributed by atoms with E-state index >= 15 is 0 Å². The van der Waals surface area contributed by atoms with Crippen molar-refractivity contribution in [3.05, 3.63) is 69.7 Å². The Labute approximate surface area is 169 Å². The average Bonchev–Trinajstić information content (AvgIpc) is 3.03. The minimum Gasteiger partial charge on any atom is -0.494 e. The molecule has 0 aliphatic carbocycles. The van der Waals surface area contributed by atoms with E-state index in [9.17, 15) is 9.59 Å². The van der Waals surface area contributed by atoms with E-state index in [0.29, 0.717) is 28.6 Å². The Morgan fingerprint density at radius 1 is 1.21 bits per heavy atom. The number of H-pyrrole nitrogens is 1. The number of nitrogens with zero attached hydrogens (tertiary/aromatic N) is 3. The van der Waals surface area contributed by atoms with E-state index < -0.39 is 11.6 Å². The molecule has 8 nitrogen and oxygen atoms in total. The largest absolute Gasteiger partial charge is 0.494 e. The number of amides is 1.